The van der Waals surface area contributed by atoms with Crippen LogP contribution >= 0.6 is 0 Å². The summed E-state index contributed by atoms with van der Waals surface area (Å²) in [6, 6.07) is 26.1. The molecule has 0 radical (unpaired) electrons. The highest BCUT2D eigenvalue weighted by Crippen LogP contribution is 2.30. The van der Waals surface area contributed by atoms with E-state index in [0.717, 1.165) is 26.8 Å². The zero-order valence-corrected chi connectivity index (χ0v) is 21.6. The predicted molar refractivity (Wildman–Crippen MR) is 149 cm³/mol. The second kappa shape index (κ2) is 11.1. The van der Waals surface area contributed by atoms with E-state index in [9.17, 15) is 14.4 Å². The number of nitrogens with zero attached hydrogens (tertiary/aromatic N) is 1. The van der Waals surface area contributed by atoms with Crippen molar-refractivity contribution in [1.82, 2.24) is 10.2 Å². The summed E-state index contributed by atoms with van der Waals surface area (Å²) < 4.78 is 11.5. The van der Waals surface area contributed by atoms with Gasteiger partial charge in [-0.05, 0) is 65.2 Å². The topological polar surface area (TPSA) is 97.0 Å². The predicted octanol–water partition coefficient (Wildman–Crippen LogP) is 5.27. The van der Waals surface area contributed by atoms with Gasteiger partial charge in [0.1, 0.15) is 18.8 Å². The van der Waals surface area contributed by atoms with Gasteiger partial charge in [0.05, 0.1) is 7.11 Å². The first-order valence-corrected chi connectivity index (χ1v) is 12.4. The molecule has 1 heterocycles. The van der Waals surface area contributed by atoms with Crippen molar-refractivity contribution in [3.05, 3.63) is 107 Å². The lowest BCUT2D eigenvalue weighted by atomic mass is 10.1. The Labute approximate surface area is 225 Å². The lowest BCUT2D eigenvalue weighted by molar-refractivity contribution is -0.127. The standard InChI is InChI=1S/C31H27N3O5/c1-20-7-12-25(13-8-20)32-29(35)18-34-30(36)26(33-31(34)37)16-21-10-14-27(28(17-21)38-2)39-19-22-9-11-23-5-3-4-6-24(23)15-22/h3-17H,18-19H2,1-2H3,(H,32,35)(H,33,37)/b26-16+. The fourth-order valence-electron chi connectivity index (χ4n) is 4.25. The van der Waals surface area contributed by atoms with Crippen molar-refractivity contribution >= 4 is 40.4 Å². The number of methoxy groups -OCH3 is 1. The molecule has 4 aromatic rings. The first-order chi connectivity index (χ1) is 18.9. The van der Waals surface area contributed by atoms with Crippen LogP contribution < -0.4 is 20.1 Å². The summed E-state index contributed by atoms with van der Waals surface area (Å²) in [5, 5.41) is 7.53. The van der Waals surface area contributed by atoms with Crippen molar-refractivity contribution in [2.45, 2.75) is 13.5 Å². The Bertz CT molecular complexity index is 1590. The number of nitrogens with one attached hydrogen (secondary N) is 2. The van der Waals surface area contributed by atoms with Crippen molar-refractivity contribution < 1.29 is 23.9 Å². The minimum Gasteiger partial charge on any atom is -0.493 e. The van der Waals surface area contributed by atoms with Crippen molar-refractivity contribution in [2.24, 2.45) is 0 Å². The molecule has 39 heavy (non-hydrogen) atoms. The fourth-order valence-corrected chi connectivity index (χ4v) is 4.25. The summed E-state index contributed by atoms with van der Waals surface area (Å²) in [4.78, 5) is 38.6. The summed E-state index contributed by atoms with van der Waals surface area (Å²) in [5.74, 6) is -0.0342. The number of carbonyl (C=O) groups excluding carboxylic acids is 3. The van der Waals surface area contributed by atoms with Crippen LogP contribution in [0.2, 0.25) is 0 Å². The maximum Gasteiger partial charge on any atom is 0.329 e. The molecule has 0 bridgehead atoms. The maximum atomic E-state index is 12.9. The van der Waals surface area contributed by atoms with Crippen LogP contribution in [0.4, 0.5) is 10.5 Å². The van der Waals surface area contributed by atoms with Gasteiger partial charge in [-0.15, -0.1) is 0 Å². The number of benzene rings is 4. The minimum absolute atomic E-state index is 0.0648. The second-order valence-corrected chi connectivity index (χ2v) is 9.17. The lowest BCUT2D eigenvalue weighted by Crippen LogP contribution is -2.38. The molecule has 8 heteroatoms. The van der Waals surface area contributed by atoms with Gasteiger partial charge < -0.3 is 20.1 Å². The zero-order valence-electron chi connectivity index (χ0n) is 21.6. The number of hydrogen-bond donors (Lipinski definition) is 2. The van der Waals surface area contributed by atoms with Gasteiger partial charge in [0.2, 0.25) is 5.91 Å². The Morgan fingerprint density at radius 3 is 2.46 bits per heavy atom. The number of amides is 4. The van der Waals surface area contributed by atoms with E-state index in [2.05, 4.69) is 34.9 Å². The largest absolute Gasteiger partial charge is 0.493 e. The van der Waals surface area contributed by atoms with Gasteiger partial charge in [0.15, 0.2) is 11.5 Å². The van der Waals surface area contributed by atoms with E-state index in [0.29, 0.717) is 29.4 Å². The molecule has 0 spiro atoms. The molecule has 4 aromatic carbocycles. The molecule has 1 aliphatic heterocycles. The third-order valence-electron chi connectivity index (χ3n) is 6.31. The number of fused-ring (bicyclic) bond motifs is 1. The molecule has 4 amide bonds. The summed E-state index contributed by atoms with van der Waals surface area (Å²) in [5.41, 5.74) is 3.35. The molecule has 1 fully saturated rings. The van der Waals surface area contributed by atoms with Crippen LogP contribution in [0, 0.1) is 6.92 Å². The molecule has 0 saturated carbocycles. The molecule has 5 rings (SSSR count). The third kappa shape index (κ3) is 5.91. The van der Waals surface area contributed by atoms with E-state index in [1.165, 1.54) is 13.2 Å². The molecule has 0 aromatic heterocycles. The minimum atomic E-state index is -0.660. The van der Waals surface area contributed by atoms with Crippen molar-refractivity contribution in [3.8, 4) is 11.5 Å². The van der Waals surface area contributed by atoms with E-state index < -0.39 is 24.4 Å². The second-order valence-electron chi connectivity index (χ2n) is 9.17. The number of hydrogen-bond acceptors (Lipinski definition) is 5. The molecule has 2 N–H and O–H groups in total. The first-order valence-electron chi connectivity index (χ1n) is 12.4. The Hall–Kier alpha value is -5.11. The lowest BCUT2D eigenvalue weighted by Gasteiger charge is -2.12. The van der Waals surface area contributed by atoms with Crippen LogP contribution in [0.5, 0.6) is 11.5 Å². The average Bonchev–Trinajstić information content (AvgIpc) is 3.20. The van der Waals surface area contributed by atoms with Crippen LogP contribution in [-0.4, -0.2) is 36.4 Å². The molecule has 0 unspecified atom stereocenters. The number of ether oxygens (including phenoxy) is 2. The van der Waals surface area contributed by atoms with Gasteiger partial charge in [-0.2, -0.15) is 0 Å². The average molecular weight is 522 g/mol. The zero-order chi connectivity index (χ0) is 27.4. The molecular weight excluding hydrogens is 494 g/mol. The number of imide groups is 1. The van der Waals surface area contributed by atoms with E-state index in [4.69, 9.17) is 9.47 Å². The number of rotatable bonds is 8. The van der Waals surface area contributed by atoms with Crippen LogP contribution in [0.3, 0.4) is 0 Å². The van der Waals surface area contributed by atoms with Gasteiger partial charge in [0.25, 0.3) is 5.91 Å². The highest BCUT2D eigenvalue weighted by atomic mass is 16.5. The summed E-state index contributed by atoms with van der Waals surface area (Å²) in [6.45, 7) is 1.89. The summed E-state index contributed by atoms with van der Waals surface area (Å²) >= 11 is 0. The van der Waals surface area contributed by atoms with Gasteiger partial charge in [0, 0.05) is 5.69 Å². The molecular formula is C31H27N3O5. The van der Waals surface area contributed by atoms with Crippen LogP contribution in [-0.2, 0) is 16.2 Å². The first kappa shape index (κ1) is 25.5. The molecule has 0 atom stereocenters. The third-order valence-corrected chi connectivity index (χ3v) is 6.31. The number of anilines is 1. The Morgan fingerprint density at radius 1 is 0.923 bits per heavy atom. The van der Waals surface area contributed by atoms with E-state index >= 15 is 0 Å². The maximum absolute atomic E-state index is 12.9. The fraction of sp³-hybridized carbons (Fsp3) is 0.129. The molecule has 196 valence electrons. The molecule has 8 nitrogen and oxygen atoms in total. The molecule has 1 aliphatic rings. The smallest absolute Gasteiger partial charge is 0.329 e. The molecule has 1 saturated heterocycles. The van der Waals surface area contributed by atoms with Crippen molar-refractivity contribution in [1.29, 1.82) is 0 Å². The van der Waals surface area contributed by atoms with Gasteiger partial charge in [-0.1, -0.05) is 60.2 Å². The Morgan fingerprint density at radius 2 is 1.69 bits per heavy atom. The number of carbonyl (C=O) groups is 3. The van der Waals surface area contributed by atoms with E-state index in [1.807, 2.05) is 37.3 Å². The Kier molecular flexibility index (Phi) is 7.27. The van der Waals surface area contributed by atoms with Crippen LogP contribution in [0.1, 0.15) is 16.7 Å². The highest BCUT2D eigenvalue weighted by Gasteiger charge is 2.35. The SMILES string of the molecule is COc1cc(/C=C2/NC(=O)N(CC(=O)Nc3ccc(C)cc3)C2=O)ccc1OCc1ccc2ccccc2c1. The highest BCUT2D eigenvalue weighted by molar-refractivity contribution is 6.16. The number of aryl methyl sites for hydroxylation is 1. The quantitative estimate of drug-likeness (QED) is 0.243. The van der Waals surface area contributed by atoms with Crippen LogP contribution in [0.25, 0.3) is 16.8 Å². The monoisotopic (exact) mass is 521 g/mol. The molecule has 0 aliphatic carbocycles. The normalized spacial score (nSPS) is 14.0. The van der Waals surface area contributed by atoms with Gasteiger partial charge in [-0.3, -0.25) is 9.59 Å². The number of urea groups is 1. The van der Waals surface area contributed by atoms with Crippen molar-refractivity contribution in [2.75, 3.05) is 19.0 Å². The van der Waals surface area contributed by atoms with E-state index in [-0.39, 0.29) is 5.70 Å². The van der Waals surface area contributed by atoms with Gasteiger partial charge >= 0.3 is 6.03 Å². The summed E-state index contributed by atoms with van der Waals surface area (Å²) in [7, 11) is 1.53. The van der Waals surface area contributed by atoms with Crippen LogP contribution in [0.15, 0.2) is 90.6 Å². The Balaban J connectivity index is 1.24. The summed E-state index contributed by atoms with van der Waals surface area (Å²) in [6.07, 6.45) is 1.54. The van der Waals surface area contributed by atoms with Gasteiger partial charge in [-0.25, -0.2) is 9.69 Å². The van der Waals surface area contributed by atoms with E-state index in [1.54, 1.807) is 30.3 Å². The van der Waals surface area contributed by atoms with Crippen molar-refractivity contribution in [3.63, 3.8) is 0 Å².